The van der Waals surface area contributed by atoms with Crippen LogP contribution in [0.5, 0.6) is 0 Å². The van der Waals surface area contributed by atoms with Gasteiger partial charge < -0.3 is 29.3 Å². The molecule has 2 saturated heterocycles. The summed E-state index contributed by atoms with van der Waals surface area (Å²) < 4.78 is 7.91. The zero-order valence-electron chi connectivity index (χ0n) is 25.0. The third-order valence-electron chi connectivity index (χ3n) is 8.63. The maximum Gasteiger partial charge on any atom is 0.174 e. The Balaban J connectivity index is 1.39. The zero-order chi connectivity index (χ0) is 29.2. The highest BCUT2D eigenvalue weighted by Crippen LogP contribution is 2.44. The smallest absolute Gasteiger partial charge is 0.174 e. The molecule has 4 heterocycles. The van der Waals surface area contributed by atoms with Crippen LogP contribution in [0.15, 0.2) is 79.0 Å². The molecule has 0 spiro atoms. The Morgan fingerprint density at radius 1 is 0.905 bits per heavy atom. The number of rotatable bonds is 8. The van der Waals surface area contributed by atoms with Crippen molar-refractivity contribution < 1.29 is 4.74 Å². The maximum absolute atomic E-state index is 6.02. The Hall–Kier alpha value is -3.88. The van der Waals surface area contributed by atoms with Gasteiger partial charge in [0.05, 0.1) is 31.0 Å². The van der Waals surface area contributed by atoms with E-state index < -0.39 is 0 Å². The number of aryl methyl sites for hydroxylation is 1. The Morgan fingerprint density at radius 2 is 1.57 bits per heavy atom. The van der Waals surface area contributed by atoms with Crippen LogP contribution < -0.4 is 20.0 Å². The van der Waals surface area contributed by atoms with Crippen molar-refractivity contribution in [2.75, 3.05) is 54.1 Å². The van der Waals surface area contributed by atoms with Gasteiger partial charge in [-0.05, 0) is 112 Å². The number of aromatic nitrogens is 2. The van der Waals surface area contributed by atoms with Crippen LogP contribution >= 0.6 is 12.2 Å². The van der Waals surface area contributed by atoms with E-state index in [1.165, 1.54) is 28.3 Å². The number of nitrogens with zero attached hydrogens (tertiary/aromatic N) is 5. The summed E-state index contributed by atoms with van der Waals surface area (Å²) in [6, 6.07) is 26.0. The number of anilines is 3. The van der Waals surface area contributed by atoms with Crippen molar-refractivity contribution in [3.63, 3.8) is 0 Å². The van der Waals surface area contributed by atoms with Crippen LogP contribution in [0.4, 0.5) is 17.1 Å². The first-order valence-corrected chi connectivity index (χ1v) is 15.4. The summed E-state index contributed by atoms with van der Waals surface area (Å²) in [7, 11) is 0. The van der Waals surface area contributed by atoms with Crippen LogP contribution in [0.25, 0.3) is 5.69 Å². The standard InChI is InChI=1S/C34H40N6OS/c1-5-37(6-2)26-10-14-28(15-11-26)39-24(3)23-30(25(39)4)33-32(31-9-7-8-18-35-31)36-34(42)40(33)29-16-12-27(13-17-29)38-19-21-41-22-20-38/h7-18,23,32-33H,5-6,19-22H2,1-4H3,(H,36,42)/t32-,33-/m1/s1. The molecule has 2 aliphatic rings. The van der Waals surface area contributed by atoms with Crippen molar-refractivity contribution in [3.8, 4) is 5.69 Å². The van der Waals surface area contributed by atoms with Crippen LogP contribution in [0.1, 0.15) is 48.6 Å². The lowest BCUT2D eigenvalue weighted by atomic mass is 9.96. The molecule has 218 valence electrons. The molecule has 8 heteroatoms. The Morgan fingerprint density at radius 3 is 2.21 bits per heavy atom. The van der Waals surface area contributed by atoms with Crippen molar-refractivity contribution in [2.45, 2.75) is 39.8 Å². The number of morpholine rings is 1. The van der Waals surface area contributed by atoms with Gasteiger partial charge in [-0.3, -0.25) is 4.98 Å². The number of ether oxygens (including phenoxy) is 1. The van der Waals surface area contributed by atoms with Crippen LogP contribution in [0, 0.1) is 13.8 Å². The Labute approximate surface area is 254 Å². The molecule has 7 nitrogen and oxygen atoms in total. The molecule has 0 amide bonds. The summed E-state index contributed by atoms with van der Waals surface area (Å²) in [6.45, 7) is 14.2. The average Bonchev–Trinajstić information content (AvgIpc) is 3.53. The van der Waals surface area contributed by atoms with Gasteiger partial charge in [-0.2, -0.15) is 0 Å². The highest BCUT2D eigenvalue weighted by atomic mass is 32.1. The molecule has 2 aromatic carbocycles. The molecule has 4 aromatic rings. The fraction of sp³-hybridized carbons (Fsp3) is 0.353. The van der Waals surface area contributed by atoms with Crippen molar-refractivity contribution >= 4 is 34.4 Å². The van der Waals surface area contributed by atoms with Gasteiger partial charge in [-0.1, -0.05) is 6.07 Å². The third kappa shape index (κ3) is 5.25. The topological polar surface area (TPSA) is 48.8 Å². The fourth-order valence-corrected chi connectivity index (χ4v) is 6.83. The Bertz CT molecular complexity index is 1510. The molecule has 0 saturated carbocycles. The first kappa shape index (κ1) is 28.2. The van der Waals surface area contributed by atoms with Crippen LogP contribution in [-0.2, 0) is 4.74 Å². The van der Waals surface area contributed by atoms with E-state index in [0.29, 0.717) is 5.11 Å². The van der Waals surface area contributed by atoms with E-state index in [1.807, 2.05) is 18.3 Å². The predicted octanol–water partition coefficient (Wildman–Crippen LogP) is 6.35. The van der Waals surface area contributed by atoms with Gasteiger partial charge in [0.25, 0.3) is 0 Å². The number of hydrogen-bond donors (Lipinski definition) is 1. The molecule has 1 N–H and O–H groups in total. The normalized spacial score (nSPS) is 18.8. The number of pyridine rings is 1. The van der Waals surface area contributed by atoms with Gasteiger partial charge >= 0.3 is 0 Å². The molecule has 2 fully saturated rings. The predicted molar refractivity (Wildman–Crippen MR) is 176 cm³/mol. The lowest BCUT2D eigenvalue weighted by Crippen LogP contribution is -2.36. The summed E-state index contributed by atoms with van der Waals surface area (Å²) in [5.74, 6) is 0. The molecule has 42 heavy (non-hydrogen) atoms. The van der Waals surface area contributed by atoms with E-state index in [2.05, 4.69) is 113 Å². The molecule has 0 aliphatic carbocycles. The van der Waals surface area contributed by atoms with Gasteiger partial charge in [-0.15, -0.1) is 0 Å². The lowest BCUT2D eigenvalue weighted by Gasteiger charge is -2.31. The van der Waals surface area contributed by atoms with E-state index in [0.717, 1.165) is 56.5 Å². The van der Waals surface area contributed by atoms with Gasteiger partial charge in [-0.25, -0.2) is 0 Å². The fourth-order valence-electron chi connectivity index (χ4n) is 6.48. The molecule has 2 aromatic heterocycles. The van der Waals surface area contributed by atoms with Crippen molar-refractivity contribution in [1.82, 2.24) is 14.9 Å². The molecule has 6 rings (SSSR count). The molecular weight excluding hydrogens is 540 g/mol. The van der Waals surface area contributed by atoms with Gasteiger partial charge in [0, 0.05) is 66.5 Å². The second kappa shape index (κ2) is 12.2. The average molecular weight is 581 g/mol. The minimum atomic E-state index is -0.0865. The van der Waals surface area contributed by atoms with Crippen molar-refractivity contribution in [1.29, 1.82) is 0 Å². The number of nitrogens with one attached hydrogen (secondary N) is 1. The maximum atomic E-state index is 6.02. The first-order chi connectivity index (χ1) is 20.5. The van der Waals surface area contributed by atoms with Gasteiger partial charge in [0.2, 0.25) is 0 Å². The second-order valence-corrected chi connectivity index (χ2v) is 11.3. The minimum Gasteiger partial charge on any atom is -0.378 e. The SMILES string of the molecule is CCN(CC)c1ccc(-n2c(C)cc([C@@H]3[C@@H](c4ccccn4)NC(=S)N3c3ccc(N4CCOCC4)cc3)c2C)cc1. The molecule has 0 radical (unpaired) electrons. The van der Waals surface area contributed by atoms with Crippen molar-refractivity contribution in [3.05, 3.63) is 102 Å². The van der Waals surface area contributed by atoms with Gasteiger partial charge in [0.1, 0.15) is 0 Å². The Kier molecular flexibility index (Phi) is 8.18. The van der Waals surface area contributed by atoms with E-state index in [9.17, 15) is 0 Å². The molecule has 2 atom stereocenters. The summed E-state index contributed by atoms with van der Waals surface area (Å²) >= 11 is 6.02. The largest absolute Gasteiger partial charge is 0.378 e. The van der Waals surface area contributed by atoms with Crippen molar-refractivity contribution in [2.24, 2.45) is 0 Å². The highest BCUT2D eigenvalue weighted by Gasteiger charge is 2.42. The summed E-state index contributed by atoms with van der Waals surface area (Å²) in [6.07, 6.45) is 1.86. The quantitative estimate of drug-likeness (QED) is 0.244. The molecule has 0 bridgehead atoms. The van der Waals surface area contributed by atoms with E-state index >= 15 is 0 Å². The molecule has 0 unspecified atom stereocenters. The second-order valence-electron chi connectivity index (χ2n) is 11.0. The highest BCUT2D eigenvalue weighted by molar-refractivity contribution is 7.80. The van der Waals surface area contributed by atoms with E-state index in [-0.39, 0.29) is 12.1 Å². The van der Waals surface area contributed by atoms with Crippen LogP contribution in [0.3, 0.4) is 0 Å². The van der Waals surface area contributed by atoms with E-state index in [1.54, 1.807) is 0 Å². The zero-order valence-corrected chi connectivity index (χ0v) is 25.8. The first-order valence-electron chi connectivity index (χ1n) is 15.0. The summed E-state index contributed by atoms with van der Waals surface area (Å²) in [5, 5.41) is 4.34. The molecular formula is C34H40N6OS. The summed E-state index contributed by atoms with van der Waals surface area (Å²) in [5.41, 5.74) is 9.31. The van der Waals surface area contributed by atoms with Gasteiger partial charge in [0.15, 0.2) is 5.11 Å². The monoisotopic (exact) mass is 580 g/mol. The minimum absolute atomic E-state index is 0.0588. The summed E-state index contributed by atoms with van der Waals surface area (Å²) in [4.78, 5) is 11.8. The van der Waals surface area contributed by atoms with E-state index in [4.69, 9.17) is 21.9 Å². The number of benzene rings is 2. The number of hydrogen-bond acceptors (Lipinski definition) is 5. The van der Waals surface area contributed by atoms with Crippen LogP contribution in [-0.4, -0.2) is 54.1 Å². The van der Waals surface area contributed by atoms with Crippen LogP contribution in [0.2, 0.25) is 0 Å². The third-order valence-corrected chi connectivity index (χ3v) is 8.94. The lowest BCUT2D eigenvalue weighted by molar-refractivity contribution is 0.122. The number of thiocarbonyl (C=S) groups is 1. The molecule has 2 aliphatic heterocycles.